The van der Waals surface area contributed by atoms with E-state index in [4.69, 9.17) is 4.74 Å². The smallest absolute Gasteiger partial charge is 0.273 e. The number of carbonyl (C=O) groups excluding carboxylic acids is 1. The van der Waals surface area contributed by atoms with Crippen molar-refractivity contribution in [2.45, 2.75) is 26.7 Å². The summed E-state index contributed by atoms with van der Waals surface area (Å²) in [7, 11) is 1.53. The second-order valence-electron chi connectivity index (χ2n) is 7.95. The minimum Gasteiger partial charge on any atom is -0.383 e. The molecule has 3 rings (SSSR count). The average Bonchev–Trinajstić information content (AvgIpc) is 3.10. The lowest BCUT2D eigenvalue weighted by Gasteiger charge is -2.08. The summed E-state index contributed by atoms with van der Waals surface area (Å²) in [4.78, 5) is 26.2. The monoisotopic (exact) mass is 461 g/mol. The molecule has 3 aromatic rings. The zero-order chi connectivity index (χ0) is 24.0. The molecule has 1 N–H and O–H groups in total. The quantitative estimate of drug-likeness (QED) is 0.548. The van der Waals surface area contributed by atoms with Crippen LogP contribution in [0.25, 0.3) is 17.3 Å². The zero-order valence-corrected chi connectivity index (χ0v) is 20.0. The Morgan fingerprint density at radius 3 is 2.58 bits per heavy atom. The number of nitrogens with one attached hydrogen (secondary N) is 1. The molecule has 0 unspecified atom stereocenters. The fourth-order valence-corrected chi connectivity index (χ4v) is 4.46. The molecule has 1 heterocycles. The summed E-state index contributed by atoms with van der Waals surface area (Å²) in [5, 5.41) is 12.5. The van der Waals surface area contributed by atoms with E-state index in [9.17, 15) is 14.9 Å². The van der Waals surface area contributed by atoms with E-state index in [1.54, 1.807) is 6.08 Å². The van der Waals surface area contributed by atoms with E-state index in [0.29, 0.717) is 27.4 Å². The standard InChI is InChI=1S/C26H27N3O3S/c1-17(2)20-8-10-21(11-9-20)29-25(31)23(15-19-7-5-6-18(3)14-19)33-26(29)22(16-27)24(30)28-12-13-32-4/h5-11,14-15,17H,12-13H2,1-4H3,(H,28,30)/b23-15-,26-22-. The highest BCUT2D eigenvalue weighted by Crippen LogP contribution is 2.16. The molecular formula is C26H27N3O3S. The largest absolute Gasteiger partial charge is 0.383 e. The van der Waals surface area contributed by atoms with Crippen LogP contribution in [-0.4, -0.2) is 30.7 Å². The van der Waals surface area contributed by atoms with E-state index in [1.807, 2.05) is 61.5 Å². The number of aryl methyl sites for hydroxylation is 1. The Bertz CT molecular complexity index is 1360. The fourth-order valence-electron chi connectivity index (χ4n) is 3.35. The van der Waals surface area contributed by atoms with Crippen LogP contribution in [0.1, 0.15) is 36.5 Å². The van der Waals surface area contributed by atoms with Crippen molar-refractivity contribution in [2.24, 2.45) is 0 Å². The van der Waals surface area contributed by atoms with Gasteiger partial charge in [-0.05, 0) is 42.2 Å². The molecule has 6 nitrogen and oxygen atoms in total. The Labute approximate surface area is 197 Å². The van der Waals surface area contributed by atoms with Crippen molar-refractivity contribution >= 4 is 28.9 Å². The highest BCUT2D eigenvalue weighted by molar-refractivity contribution is 7.07. The number of ether oxygens (including phenoxy) is 1. The Morgan fingerprint density at radius 2 is 1.97 bits per heavy atom. The van der Waals surface area contributed by atoms with Crippen molar-refractivity contribution in [3.63, 3.8) is 0 Å². The summed E-state index contributed by atoms with van der Waals surface area (Å²) in [6.07, 6.45) is 1.79. The van der Waals surface area contributed by atoms with Crippen LogP contribution in [0, 0.1) is 18.3 Å². The van der Waals surface area contributed by atoms with E-state index in [2.05, 4.69) is 19.2 Å². The SMILES string of the molecule is COCCNC(=O)/C(C#N)=c1\s/c(=C\c2cccc(C)c2)c(=O)n1-c1ccc(C(C)C)cc1. The molecule has 0 aliphatic carbocycles. The molecule has 2 aromatic carbocycles. The second-order valence-corrected chi connectivity index (χ2v) is 8.98. The van der Waals surface area contributed by atoms with Gasteiger partial charge in [-0.2, -0.15) is 5.26 Å². The summed E-state index contributed by atoms with van der Waals surface area (Å²) in [5.74, 6) is -0.193. The Kier molecular flexibility index (Phi) is 7.99. The first-order valence-corrected chi connectivity index (χ1v) is 11.5. The van der Waals surface area contributed by atoms with Gasteiger partial charge in [-0.3, -0.25) is 14.2 Å². The number of amides is 1. The summed E-state index contributed by atoms with van der Waals surface area (Å²) in [6.45, 7) is 6.76. The van der Waals surface area contributed by atoms with E-state index >= 15 is 0 Å². The summed E-state index contributed by atoms with van der Waals surface area (Å²) in [5.41, 5.74) is 3.32. The Hall–Kier alpha value is -3.47. The molecule has 33 heavy (non-hydrogen) atoms. The number of nitrogens with zero attached hydrogens (tertiary/aromatic N) is 2. The zero-order valence-electron chi connectivity index (χ0n) is 19.2. The molecule has 0 saturated carbocycles. The molecule has 0 bridgehead atoms. The molecule has 170 valence electrons. The van der Waals surface area contributed by atoms with E-state index in [-0.39, 0.29) is 17.7 Å². The number of thiazole rings is 1. The van der Waals surface area contributed by atoms with Gasteiger partial charge in [0, 0.05) is 13.7 Å². The summed E-state index contributed by atoms with van der Waals surface area (Å²) >= 11 is 1.14. The maximum Gasteiger partial charge on any atom is 0.273 e. The van der Waals surface area contributed by atoms with Crippen LogP contribution >= 0.6 is 11.3 Å². The number of methoxy groups -OCH3 is 1. The first-order valence-electron chi connectivity index (χ1n) is 10.7. The van der Waals surface area contributed by atoms with Crippen molar-refractivity contribution in [1.29, 1.82) is 5.26 Å². The van der Waals surface area contributed by atoms with Crippen molar-refractivity contribution < 1.29 is 9.53 Å². The van der Waals surface area contributed by atoms with E-state index < -0.39 is 5.91 Å². The summed E-state index contributed by atoms with van der Waals surface area (Å²) in [6, 6.07) is 17.4. The normalized spacial score (nSPS) is 12.5. The van der Waals surface area contributed by atoms with Gasteiger partial charge in [0.2, 0.25) is 0 Å². The van der Waals surface area contributed by atoms with Gasteiger partial charge in [-0.1, -0.05) is 55.8 Å². The van der Waals surface area contributed by atoms with Gasteiger partial charge >= 0.3 is 0 Å². The number of benzene rings is 2. The maximum atomic E-state index is 13.5. The number of nitriles is 1. The first kappa shape index (κ1) is 24.2. The Morgan fingerprint density at radius 1 is 1.24 bits per heavy atom. The number of carbonyl (C=O) groups is 1. The van der Waals surface area contributed by atoms with Gasteiger partial charge in [0.1, 0.15) is 10.7 Å². The lowest BCUT2D eigenvalue weighted by atomic mass is 10.0. The highest BCUT2D eigenvalue weighted by Gasteiger charge is 2.17. The van der Waals surface area contributed by atoms with E-state index in [1.165, 1.54) is 11.7 Å². The minimum absolute atomic E-state index is 0.106. The second kappa shape index (κ2) is 10.9. The molecule has 0 atom stereocenters. The topological polar surface area (TPSA) is 84.1 Å². The van der Waals surface area contributed by atoms with Gasteiger partial charge in [-0.15, -0.1) is 11.3 Å². The average molecular weight is 462 g/mol. The van der Waals surface area contributed by atoms with Crippen molar-refractivity contribution in [3.8, 4) is 11.8 Å². The van der Waals surface area contributed by atoms with Crippen LogP contribution in [0.15, 0.2) is 53.3 Å². The van der Waals surface area contributed by atoms with Crippen molar-refractivity contribution in [1.82, 2.24) is 9.88 Å². The number of rotatable bonds is 7. The fraction of sp³-hybridized carbons (Fsp3) is 0.269. The van der Waals surface area contributed by atoms with Crippen LogP contribution in [0.2, 0.25) is 0 Å². The van der Waals surface area contributed by atoms with Crippen LogP contribution in [0.4, 0.5) is 0 Å². The maximum absolute atomic E-state index is 13.5. The van der Waals surface area contributed by atoms with Crippen molar-refractivity contribution in [2.75, 3.05) is 20.3 Å². The third kappa shape index (κ3) is 5.67. The first-order chi connectivity index (χ1) is 15.8. The lowest BCUT2D eigenvalue weighted by Crippen LogP contribution is -2.34. The van der Waals surface area contributed by atoms with Gasteiger partial charge in [0.15, 0.2) is 5.57 Å². The third-order valence-corrected chi connectivity index (χ3v) is 6.22. The van der Waals surface area contributed by atoms with Gasteiger partial charge < -0.3 is 10.1 Å². The summed E-state index contributed by atoms with van der Waals surface area (Å²) < 4.78 is 7.16. The number of hydrogen-bond acceptors (Lipinski definition) is 5. The van der Waals surface area contributed by atoms with E-state index in [0.717, 1.165) is 28.0 Å². The van der Waals surface area contributed by atoms with Crippen LogP contribution < -0.4 is 20.1 Å². The molecule has 0 aliphatic rings. The molecule has 7 heteroatoms. The minimum atomic E-state index is -0.537. The highest BCUT2D eigenvalue weighted by atomic mass is 32.1. The predicted octanol–water partition coefficient (Wildman–Crippen LogP) is 2.60. The molecule has 0 fully saturated rings. The molecule has 1 aromatic heterocycles. The van der Waals surface area contributed by atoms with Crippen molar-refractivity contribution in [3.05, 3.63) is 84.8 Å². The number of aromatic nitrogens is 1. The molecule has 0 spiro atoms. The Balaban J connectivity index is 2.27. The van der Waals surface area contributed by atoms with Crippen LogP contribution in [-0.2, 0) is 9.53 Å². The molecule has 0 saturated heterocycles. The van der Waals surface area contributed by atoms with Gasteiger partial charge in [-0.25, -0.2) is 0 Å². The van der Waals surface area contributed by atoms with Gasteiger partial charge in [0.05, 0.1) is 16.8 Å². The molecule has 1 amide bonds. The third-order valence-electron chi connectivity index (χ3n) is 5.13. The molecular weight excluding hydrogens is 434 g/mol. The predicted molar refractivity (Wildman–Crippen MR) is 132 cm³/mol. The van der Waals surface area contributed by atoms with Crippen LogP contribution in [0.5, 0.6) is 0 Å². The molecule has 0 radical (unpaired) electrons. The van der Waals surface area contributed by atoms with Crippen LogP contribution in [0.3, 0.4) is 0 Å². The lowest BCUT2D eigenvalue weighted by molar-refractivity contribution is -0.115. The van der Waals surface area contributed by atoms with Gasteiger partial charge in [0.25, 0.3) is 11.5 Å². The molecule has 0 aliphatic heterocycles. The number of hydrogen-bond donors (Lipinski definition) is 1.